The number of nitrogens with zero attached hydrogens (tertiary/aromatic N) is 1. The maximum atomic E-state index is 11.9. The van der Waals surface area contributed by atoms with Crippen LogP contribution in [0, 0.1) is 0 Å². The summed E-state index contributed by atoms with van der Waals surface area (Å²) < 4.78 is 4.82. The summed E-state index contributed by atoms with van der Waals surface area (Å²) in [5, 5.41) is 15.4. The number of carboxylic acids is 1. The van der Waals surface area contributed by atoms with Gasteiger partial charge in [-0.2, -0.15) is 11.3 Å². The van der Waals surface area contributed by atoms with Gasteiger partial charge in [-0.15, -0.1) is 0 Å². The second-order valence-electron chi connectivity index (χ2n) is 4.11. The minimum absolute atomic E-state index is 0.240. The van der Waals surface area contributed by atoms with Crippen LogP contribution in [0.25, 0.3) is 0 Å². The molecule has 19 heavy (non-hydrogen) atoms. The van der Waals surface area contributed by atoms with Crippen LogP contribution < -0.4 is 5.32 Å². The molecule has 106 valence electrons. The number of carbonyl (C=O) groups excluding carboxylic acids is 1. The van der Waals surface area contributed by atoms with E-state index >= 15 is 0 Å². The molecule has 1 aromatic rings. The van der Waals surface area contributed by atoms with Crippen molar-refractivity contribution in [2.75, 3.05) is 20.8 Å². The summed E-state index contributed by atoms with van der Waals surface area (Å²) in [4.78, 5) is 24.3. The van der Waals surface area contributed by atoms with Crippen molar-refractivity contribution < 1.29 is 19.4 Å². The van der Waals surface area contributed by atoms with Crippen LogP contribution >= 0.6 is 11.3 Å². The highest BCUT2D eigenvalue weighted by Crippen LogP contribution is 2.08. The molecule has 1 atom stereocenters. The minimum atomic E-state index is -1.06. The number of rotatable bonds is 7. The van der Waals surface area contributed by atoms with E-state index in [1.165, 1.54) is 12.0 Å². The molecular weight excluding hydrogens is 268 g/mol. The fourth-order valence-electron chi connectivity index (χ4n) is 1.48. The lowest BCUT2D eigenvalue weighted by atomic mass is 10.2. The molecule has 0 saturated heterocycles. The zero-order valence-electron chi connectivity index (χ0n) is 11.0. The van der Waals surface area contributed by atoms with Crippen molar-refractivity contribution in [1.82, 2.24) is 10.2 Å². The van der Waals surface area contributed by atoms with Crippen molar-refractivity contribution in [3.05, 3.63) is 22.4 Å². The Morgan fingerprint density at radius 2 is 2.32 bits per heavy atom. The smallest absolute Gasteiger partial charge is 0.326 e. The van der Waals surface area contributed by atoms with Crippen LogP contribution in [0.5, 0.6) is 0 Å². The number of amides is 2. The van der Waals surface area contributed by atoms with E-state index < -0.39 is 18.0 Å². The minimum Gasteiger partial charge on any atom is -0.480 e. The van der Waals surface area contributed by atoms with Crippen molar-refractivity contribution in [3.63, 3.8) is 0 Å². The molecule has 6 nitrogen and oxygen atoms in total. The van der Waals surface area contributed by atoms with Crippen molar-refractivity contribution in [1.29, 1.82) is 0 Å². The molecule has 0 bridgehead atoms. The van der Waals surface area contributed by atoms with Crippen LogP contribution in [0.15, 0.2) is 16.8 Å². The largest absolute Gasteiger partial charge is 0.480 e. The fraction of sp³-hybridized carbons (Fsp3) is 0.500. The zero-order valence-corrected chi connectivity index (χ0v) is 11.8. The lowest BCUT2D eigenvalue weighted by Crippen LogP contribution is -2.46. The SMILES string of the molecule is COCCC(NC(=O)N(C)Cc1ccsc1)C(=O)O. The molecule has 0 fully saturated rings. The Kier molecular flexibility index (Phi) is 6.31. The lowest BCUT2D eigenvalue weighted by Gasteiger charge is -2.21. The quantitative estimate of drug-likeness (QED) is 0.793. The third-order valence-electron chi connectivity index (χ3n) is 2.55. The molecule has 1 aromatic heterocycles. The Labute approximate surface area is 116 Å². The molecule has 2 N–H and O–H groups in total. The Hall–Kier alpha value is -1.60. The monoisotopic (exact) mass is 286 g/mol. The van der Waals surface area contributed by atoms with E-state index in [0.717, 1.165) is 5.56 Å². The number of hydrogen-bond acceptors (Lipinski definition) is 4. The van der Waals surface area contributed by atoms with Gasteiger partial charge in [0.25, 0.3) is 0 Å². The van der Waals surface area contributed by atoms with E-state index in [-0.39, 0.29) is 13.0 Å². The summed E-state index contributed by atoms with van der Waals surface area (Å²) in [6.07, 6.45) is 0.240. The van der Waals surface area contributed by atoms with E-state index in [1.807, 2.05) is 16.8 Å². The number of hydrogen-bond donors (Lipinski definition) is 2. The summed E-state index contributed by atoms with van der Waals surface area (Å²) >= 11 is 1.55. The Bertz CT molecular complexity index is 408. The van der Waals surface area contributed by atoms with Gasteiger partial charge in [0.15, 0.2) is 0 Å². The molecule has 7 heteroatoms. The van der Waals surface area contributed by atoms with Crippen LogP contribution in [0.3, 0.4) is 0 Å². The van der Waals surface area contributed by atoms with E-state index in [0.29, 0.717) is 6.54 Å². The summed E-state index contributed by atoms with van der Waals surface area (Å²) in [5.74, 6) is -1.06. The van der Waals surface area contributed by atoms with E-state index in [1.54, 1.807) is 18.4 Å². The highest BCUT2D eigenvalue weighted by atomic mass is 32.1. The molecule has 0 saturated carbocycles. The summed E-state index contributed by atoms with van der Waals surface area (Å²) in [6, 6.07) is 0.584. The number of ether oxygens (including phenoxy) is 1. The van der Waals surface area contributed by atoms with Crippen LogP contribution in [0.4, 0.5) is 4.79 Å². The zero-order chi connectivity index (χ0) is 14.3. The molecule has 0 aliphatic heterocycles. The van der Waals surface area contributed by atoms with Gasteiger partial charge < -0.3 is 20.1 Å². The van der Waals surface area contributed by atoms with Gasteiger partial charge in [-0.05, 0) is 22.4 Å². The second-order valence-corrected chi connectivity index (χ2v) is 4.89. The van der Waals surface area contributed by atoms with Gasteiger partial charge in [0.2, 0.25) is 0 Å². The lowest BCUT2D eigenvalue weighted by molar-refractivity contribution is -0.139. The maximum absolute atomic E-state index is 11.9. The molecule has 2 amide bonds. The second kappa shape index (κ2) is 7.75. The highest BCUT2D eigenvalue weighted by molar-refractivity contribution is 7.07. The molecule has 0 spiro atoms. The van der Waals surface area contributed by atoms with Crippen molar-refractivity contribution in [2.45, 2.75) is 19.0 Å². The number of thiophene rings is 1. The number of carbonyl (C=O) groups is 2. The first-order valence-electron chi connectivity index (χ1n) is 5.79. The average Bonchev–Trinajstić information content (AvgIpc) is 2.86. The molecule has 1 unspecified atom stereocenters. The van der Waals surface area contributed by atoms with Gasteiger partial charge in [0, 0.05) is 33.7 Å². The first-order chi connectivity index (χ1) is 9.04. The van der Waals surface area contributed by atoms with Gasteiger partial charge >= 0.3 is 12.0 Å². The molecule has 0 aliphatic rings. The van der Waals surface area contributed by atoms with Gasteiger partial charge in [-0.1, -0.05) is 0 Å². The van der Waals surface area contributed by atoms with Gasteiger partial charge in [-0.3, -0.25) is 0 Å². The number of nitrogens with one attached hydrogen (secondary N) is 1. The van der Waals surface area contributed by atoms with Gasteiger partial charge in [-0.25, -0.2) is 9.59 Å². The fourth-order valence-corrected chi connectivity index (χ4v) is 2.14. The number of aliphatic carboxylic acids is 1. The Morgan fingerprint density at radius 3 is 2.84 bits per heavy atom. The Morgan fingerprint density at radius 1 is 1.58 bits per heavy atom. The summed E-state index contributed by atoms with van der Waals surface area (Å²) in [6.45, 7) is 0.734. The van der Waals surface area contributed by atoms with Crippen LogP contribution in [0.2, 0.25) is 0 Å². The number of methoxy groups -OCH3 is 1. The average molecular weight is 286 g/mol. The number of urea groups is 1. The van der Waals surface area contributed by atoms with Crippen molar-refractivity contribution >= 4 is 23.3 Å². The standard InChI is InChI=1S/C12H18N2O4S/c1-14(7-9-4-6-19-8-9)12(17)13-10(11(15)16)3-5-18-2/h4,6,8,10H,3,5,7H2,1-2H3,(H,13,17)(H,15,16). The van der Waals surface area contributed by atoms with Gasteiger partial charge in [0.1, 0.15) is 6.04 Å². The number of carboxylic acid groups (broad SMARTS) is 1. The van der Waals surface area contributed by atoms with E-state index in [4.69, 9.17) is 9.84 Å². The predicted octanol–water partition coefficient (Wildman–Crippen LogP) is 1.38. The topological polar surface area (TPSA) is 78.9 Å². The molecule has 0 aromatic carbocycles. The Balaban J connectivity index is 2.48. The summed E-state index contributed by atoms with van der Waals surface area (Å²) in [5.41, 5.74) is 1.02. The third kappa shape index (κ3) is 5.27. The van der Waals surface area contributed by atoms with Crippen molar-refractivity contribution in [3.8, 4) is 0 Å². The molecule has 1 rings (SSSR count). The normalized spacial score (nSPS) is 11.9. The van der Waals surface area contributed by atoms with E-state index in [2.05, 4.69) is 5.32 Å². The molecule has 1 heterocycles. The molecular formula is C12H18N2O4S. The van der Waals surface area contributed by atoms with Crippen molar-refractivity contribution in [2.24, 2.45) is 0 Å². The predicted molar refractivity (Wildman–Crippen MR) is 72.2 cm³/mol. The first kappa shape index (κ1) is 15.5. The van der Waals surface area contributed by atoms with Crippen LogP contribution in [-0.2, 0) is 16.1 Å². The molecule has 0 radical (unpaired) electrons. The van der Waals surface area contributed by atoms with E-state index in [9.17, 15) is 9.59 Å². The van der Waals surface area contributed by atoms with Crippen LogP contribution in [-0.4, -0.2) is 48.8 Å². The third-order valence-corrected chi connectivity index (χ3v) is 3.29. The van der Waals surface area contributed by atoms with Crippen LogP contribution in [0.1, 0.15) is 12.0 Å². The first-order valence-corrected chi connectivity index (χ1v) is 6.73. The molecule has 0 aliphatic carbocycles. The highest BCUT2D eigenvalue weighted by Gasteiger charge is 2.21. The maximum Gasteiger partial charge on any atom is 0.326 e. The van der Waals surface area contributed by atoms with Gasteiger partial charge in [0.05, 0.1) is 0 Å². The summed E-state index contributed by atoms with van der Waals surface area (Å²) in [7, 11) is 3.12.